The Bertz CT molecular complexity index is 399. The zero-order valence-electron chi connectivity index (χ0n) is 11.7. The zero-order chi connectivity index (χ0) is 13.1. The largest absolute Gasteiger partial charge is 0.378 e. The molecule has 2 nitrogen and oxygen atoms in total. The minimum absolute atomic E-state index is 0.0609. The minimum atomic E-state index is -0.0609. The van der Waals surface area contributed by atoms with Crippen molar-refractivity contribution in [1.29, 1.82) is 0 Å². The fourth-order valence-corrected chi connectivity index (χ4v) is 3.92. The summed E-state index contributed by atoms with van der Waals surface area (Å²) in [4.78, 5) is 0. The highest BCUT2D eigenvalue weighted by Gasteiger charge is 2.40. The molecule has 1 aromatic rings. The molecule has 0 aromatic heterocycles. The van der Waals surface area contributed by atoms with Gasteiger partial charge in [-0.2, -0.15) is 0 Å². The lowest BCUT2D eigenvalue weighted by Crippen LogP contribution is -2.50. The summed E-state index contributed by atoms with van der Waals surface area (Å²) in [6.07, 6.45) is 8.79. The van der Waals surface area contributed by atoms with E-state index >= 15 is 0 Å². The predicted octanol–water partition coefficient (Wildman–Crippen LogP) is 3.61. The average Bonchev–Trinajstić information content (AvgIpc) is 2.92. The SMILES string of the molecule is NC1(CC2CCCO2)CCCCC1c1ccccc1. The van der Waals surface area contributed by atoms with Crippen molar-refractivity contribution < 1.29 is 4.74 Å². The van der Waals surface area contributed by atoms with Gasteiger partial charge in [0.15, 0.2) is 0 Å². The normalized spacial score (nSPS) is 35.4. The van der Waals surface area contributed by atoms with Crippen LogP contribution in [0.25, 0.3) is 0 Å². The van der Waals surface area contributed by atoms with Gasteiger partial charge in [-0.25, -0.2) is 0 Å². The van der Waals surface area contributed by atoms with E-state index in [0.29, 0.717) is 12.0 Å². The van der Waals surface area contributed by atoms with E-state index in [1.807, 2.05) is 0 Å². The molecule has 1 saturated carbocycles. The fourth-order valence-electron chi connectivity index (χ4n) is 3.92. The molecule has 2 aliphatic rings. The molecule has 1 saturated heterocycles. The van der Waals surface area contributed by atoms with Crippen molar-refractivity contribution in [3.63, 3.8) is 0 Å². The summed E-state index contributed by atoms with van der Waals surface area (Å²) < 4.78 is 5.83. The van der Waals surface area contributed by atoms with Gasteiger partial charge >= 0.3 is 0 Å². The third kappa shape index (κ3) is 2.85. The summed E-state index contributed by atoms with van der Waals surface area (Å²) in [7, 11) is 0. The van der Waals surface area contributed by atoms with E-state index in [9.17, 15) is 0 Å². The number of benzene rings is 1. The third-order valence-electron chi connectivity index (χ3n) is 4.91. The van der Waals surface area contributed by atoms with Crippen molar-refractivity contribution in [2.24, 2.45) is 5.73 Å². The van der Waals surface area contributed by atoms with Crippen LogP contribution in [0.1, 0.15) is 56.4 Å². The Morgan fingerprint density at radius 3 is 2.68 bits per heavy atom. The molecule has 0 spiro atoms. The minimum Gasteiger partial charge on any atom is -0.378 e. The molecule has 3 unspecified atom stereocenters. The Labute approximate surface area is 116 Å². The highest BCUT2D eigenvalue weighted by atomic mass is 16.5. The van der Waals surface area contributed by atoms with Crippen molar-refractivity contribution >= 4 is 0 Å². The Hall–Kier alpha value is -0.860. The standard InChI is InChI=1S/C17H25NO/c18-17(13-15-9-6-12-19-15)11-5-4-10-16(17)14-7-2-1-3-8-14/h1-3,7-8,15-16H,4-6,9-13,18H2. The van der Waals surface area contributed by atoms with E-state index in [1.165, 1.54) is 37.7 Å². The van der Waals surface area contributed by atoms with Gasteiger partial charge in [0.1, 0.15) is 0 Å². The van der Waals surface area contributed by atoms with Crippen LogP contribution in [-0.4, -0.2) is 18.2 Å². The van der Waals surface area contributed by atoms with Crippen molar-refractivity contribution in [2.75, 3.05) is 6.61 Å². The summed E-state index contributed by atoms with van der Waals surface area (Å²) >= 11 is 0. The Kier molecular flexibility index (Phi) is 3.90. The van der Waals surface area contributed by atoms with Crippen LogP contribution in [0.3, 0.4) is 0 Å². The number of nitrogens with two attached hydrogens (primary N) is 1. The second-order valence-corrected chi connectivity index (χ2v) is 6.28. The number of hydrogen-bond donors (Lipinski definition) is 1. The van der Waals surface area contributed by atoms with Gasteiger partial charge in [-0.15, -0.1) is 0 Å². The van der Waals surface area contributed by atoms with E-state index in [4.69, 9.17) is 10.5 Å². The van der Waals surface area contributed by atoms with Crippen molar-refractivity contribution in [2.45, 2.75) is 62.5 Å². The van der Waals surface area contributed by atoms with E-state index in [0.717, 1.165) is 19.4 Å². The summed E-state index contributed by atoms with van der Waals surface area (Å²) in [6.45, 7) is 0.927. The molecule has 2 N–H and O–H groups in total. The smallest absolute Gasteiger partial charge is 0.0593 e. The Morgan fingerprint density at radius 2 is 1.95 bits per heavy atom. The van der Waals surface area contributed by atoms with E-state index in [1.54, 1.807) is 0 Å². The first kappa shape index (κ1) is 13.1. The molecule has 2 heteroatoms. The van der Waals surface area contributed by atoms with E-state index in [-0.39, 0.29) is 5.54 Å². The summed E-state index contributed by atoms with van der Waals surface area (Å²) in [6, 6.07) is 10.8. The summed E-state index contributed by atoms with van der Waals surface area (Å²) in [5.74, 6) is 0.506. The molecule has 1 aromatic carbocycles. The van der Waals surface area contributed by atoms with Crippen LogP contribution in [0.15, 0.2) is 30.3 Å². The highest BCUT2D eigenvalue weighted by molar-refractivity contribution is 5.25. The van der Waals surface area contributed by atoms with Gasteiger partial charge in [0.05, 0.1) is 6.10 Å². The number of ether oxygens (including phenoxy) is 1. The molecular weight excluding hydrogens is 234 g/mol. The lowest BCUT2D eigenvalue weighted by molar-refractivity contribution is 0.0678. The third-order valence-corrected chi connectivity index (χ3v) is 4.91. The molecule has 104 valence electrons. The van der Waals surface area contributed by atoms with Crippen molar-refractivity contribution in [3.8, 4) is 0 Å². The lowest BCUT2D eigenvalue weighted by atomic mass is 9.67. The maximum Gasteiger partial charge on any atom is 0.0593 e. The Morgan fingerprint density at radius 1 is 1.11 bits per heavy atom. The van der Waals surface area contributed by atoms with Crippen LogP contribution in [0.2, 0.25) is 0 Å². The molecule has 1 aliphatic carbocycles. The van der Waals surface area contributed by atoms with E-state index < -0.39 is 0 Å². The van der Waals surface area contributed by atoms with E-state index in [2.05, 4.69) is 30.3 Å². The topological polar surface area (TPSA) is 35.2 Å². The van der Waals surface area contributed by atoms with Crippen LogP contribution >= 0.6 is 0 Å². The molecular formula is C17H25NO. The van der Waals surface area contributed by atoms with Crippen molar-refractivity contribution in [1.82, 2.24) is 0 Å². The van der Waals surface area contributed by atoms with Gasteiger partial charge in [0.25, 0.3) is 0 Å². The highest BCUT2D eigenvalue weighted by Crippen LogP contribution is 2.43. The van der Waals surface area contributed by atoms with Gasteiger partial charge in [-0.05, 0) is 37.7 Å². The second kappa shape index (κ2) is 5.64. The Balaban J connectivity index is 1.79. The maximum absolute atomic E-state index is 6.84. The van der Waals surface area contributed by atoms with Gasteiger partial charge in [-0.3, -0.25) is 0 Å². The molecule has 1 aliphatic heterocycles. The molecule has 3 rings (SSSR count). The first-order valence-electron chi connectivity index (χ1n) is 7.73. The quantitative estimate of drug-likeness (QED) is 0.900. The average molecular weight is 259 g/mol. The maximum atomic E-state index is 6.84. The molecule has 3 atom stereocenters. The van der Waals surface area contributed by atoms with Crippen LogP contribution in [-0.2, 0) is 4.74 Å². The molecule has 0 amide bonds. The monoisotopic (exact) mass is 259 g/mol. The molecule has 0 radical (unpaired) electrons. The molecule has 2 fully saturated rings. The molecule has 1 heterocycles. The van der Waals surface area contributed by atoms with Crippen LogP contribution in [0.5, 0.6) is 0 Å². The molecule has 19 heavy (non-hydrogen) atoms. The summed E-state index contributed by atoms with van der Waals surface area (Å²) in [5.41, 5.74) is 8.19. The first-order valence-corrected chi connectivity index (χ1v) is 7.73. The van der Waals surface area contributed by atoms with Crippen molar-refractivity contribution in [3.05, 3.63) is 35.9 Å². The van der Waals surface area contributed by atoms with Gasteiger partial charge < -0.3 is 10.5 Å². The number of rotatable bonds is 3. The number of hydrogen-bond acceptors (Lipinski definition) is 2. The van der Waals surface area contributed by atoms with Gasteiger partial charge in [-0.1, -0.05) is 43.2 Å². The van der Waals surface area contributed by atoms with Gasteiger partial charge in [0.2, 0.25) is 0 Å². The summed E-state index contributed by atoms with van der Waals surface area (Å²) in [5, 5.41) is 0. The lowest BCUT2D eigenvalue weighted by Gasteiger charge is -2.43. The van der Waals surface area contributed by atoms with Crippen LogP contribution < -0.4 is 5.73 Å². The van der Waals surface area contributed by atoms with Crippen LogP contribution in [0.4, 0.5) is 0 Å². The molecule has 0 bridgehead atoms. The van der Waals surface area contributed by atoms with Gasteiger partial charge in [0, 0.05) is 18.1 Å². The fraction of sp³-hybridized carbons (Fsp3) is 0.647. The first-order chi connectivity index (χ1) is 9.28. The zero-order valence-corrected chi connectivity index (χ0v) is 11.7. The second-order valence-electron chi connectivity index (χ2n) is 6.28. The van der Waals surface area contributed by atoms with Crippen LogP contribution in [0, 0.1) is 0 Å². The predicted molar refractivity (Wildman–Crippen MR) is 78.2 cm³/mol.